The van der Waals surface area contributed by atoms with Gasteiger partial charge in [0.25, 0.3) is 0 Å². The number of benzene rings is 1. The summed E-state index contributed by atoms with van der Waals surface area (Å²) in [7, 11) is 3.85. The Morgan fingerprint density at radius 2 is 2.03 bits per heavy atom. The van der Waals surface area contributed by atoms with E-state index in [4.69, 9.17) is 15.6 Å². The Morgan fingerprint density at radius 1 is 1.24 bits per heavy atom. The third-order valence-corrected chi connectivity index (χ3v) is 5.04. The van der Waals surface area contributed by atoms with E-state index in [0.717, 1.165) is 52.2 Å². The summed E-state index contributed by atoms with van der Waals surface area (Å²) in [5.41, 5.74) is 10.4. The first-order chi connectivity index (χ1) is 14.1. The highest BCUT2D eigenvalue weighted by molar-refractivity contribution is 5.95. The van der Waals surface area contributed by atoms with Crippen LogP contribution in [0.1, 0.15) is 5.69 Å². The van der Waals surface area contributed by atoms with E-state index in [0.29, 0.717) is 13.2 Å². The van der Waals surface area contributed by atoms with Crippen molar-refractivity contribution in [1.29, 1.82) is 0 Å². The van der Waals surface area contributed by atoms with Crippen molar-refractivity contribution in [3.8, 4) is 11.1 Å². The molecule has 1 saturated heterocycles. The van der Waals surface area contributed by atoms with Crippen LogP contribution in [-0.2, 0) is 18.8 Å². The number of ether oxygens (including phenoxy) is 1. The summed E-state index contributed by atoms with van der Waals surface area (Å²) in [6.07, 6.45) is 7.11. The Morgan fingerprint density at radius 3 is 2.72 bits per heavy atom. The first-order valence-electron chi connectivity index (χ1n) is 9.50. The Kier molecular flexibility index (Phi) is 5.18. The molecule has 1 aliphatic heterocycles. The van der Waals surface area contributed by atoms with Gasteiger partial charge >= 0.3 is 0 Å². The van der Waals surface area contributed by atoms with Crippen LogP contribution in [0.3, 0.4) is 0 Å². The molecule has 3 heterocycles. The standard InChI is InChI=1S/C21H25N7O/c1-15(10-20(23-14-22)28-6-8-29-9-7-28)21-18-11-16(17-12-24-26(2)13-17)4-5-19(18)27(3)25-21/h4-5,10-14H,1,6-9H2,2-3H3,(H2,22,23)/b20-10+. The van der Waals surface area contributed by atoms with Gasteiger partial charge in [0.2, 0.25) is 0 Å². The summed E-state index contributed by atoms with van der Waals surface area (Å²) >= 11 is 0. The lowest BCUT2D eigenvalue weighted by molar-refractivity contribution is 0.0532. The number of hydrogen-bond acceptors (Lipinski definition) is 5. The lowest BCUT2D eigenvalue weighted by atomic mass is 10.0. The highest BCUT2D eigenvalue weighted by atomic mass is 16.5. The molecule has 2 N–H and O–H groups in total. The summed E-state index contributed by atoms with van der Waals surface area (Å²) in [6.45, 7) is 7.15. The van der Waals surface area contributed by atoms with Gasteiger partial charge in [0.1, 0.15) is 5.82 Å². The van der Waals surface area contributed by atoms with Crippen LogP contribution in [0.4, 0.5) is 0 Å². The molecule has 8 heteroatoms. The van der Waals surface area contributed by atoms with Gasteiger partial charge in [-0.3, -0.25) is 9.36 Å². The van der Waals surface area contributed by atoms with E-state index in [9.17, 15) is 0 Å². The molecule has 1 aromatic carbocycles. The SMILES string of the molecule is C=C(/C=C(\N=CN)N1CCOCC1)c1nn(C)c2ccc(-c3cnn(C)c3)cc12. The molecule has 3 aromatic rings. The number of fused-ring (bicyclic) bond motifs is 1. The largest absolute Gasteiger partial charge is 0.390 e. The van der Waals surface area contributed by atoms with Crippen LogP contribution < -0.4 is 5.73 Å². The molecule has 2 aromatic heterocycles. The number of nitrogens with zero attached hydrogens (tertiary/aromatic N) is 6. The van der Waals surface area contributed by atoms with Crippen molar-refractivity contribution in [1.82, 2.24) is 24.5 Å². The minimum atomic E-state index is 0.672. The van der Waals surface area contributed by atoms with E-state index in [-0.39, 0.29) is 0 Å². The Hall–Kier alpha value is -3.39. The molecule has 0 bridgehead atoms. The predicted octanol–water partition coefficient (Wildman–Crippen LogP) is 2.15. The number of allylic oxidation sites excluding steroid dienone is 2. The lowest BCUT2D eigenvalue weighted by Crippen LogP contribution is -2.35. The molecule has 8 nitrogen and oxygen atoms in total. The van der Waals surface area contributed by atoms with E-state index in [1.807, 2.05) is 37.2 Å². The van der Waals surface area contributed by atoms with E-state index in [1.54, 1.807) is 4.68 Å². The van der Waals surface area contributed by atoms with Crippen molar-refractivity contribution in [3.63, 3.8) is 0 Å². The molecule has 0 unspecified atom stereocenters. The third kappa shape index (κ3) is 3.79. The monoisotopic (exact) mass is 391 g/mol. The Balaban J connectivity index is 1.74. The van der Waals surface area contributed by atoms with Crippen molar-refractivity contribution in [2.24, 2.45) is 24.8 Å². The molecule has 1 fully saturated rings. The first kappa shape index (κ1) is 18.9. The molecule has 29 heavy (non-hydrogen) atoms. The minimum absolute atomic E-state index is 0.672. The van der Waals surface area contributed by atoms with Crippen LogP contribution in [-0.4, -0.2) is 57.1 Å². The molecule has 0 amide bonds. The molecule has 0 spiro atoms. The topological polar surface area (TPSA) is 86.5 Å². The van der Waals surface area contributed by atoms with Gasteiger partial charge in [0.15, 0.2) is 0 Å². The average Bonchev–Trinajstić information content (AvgIpc) is 3.31. The number of aryl methyl sites for hydroxylation is 2. The van der Waals surface area contributed by atoms with Gasteiger partial charge in [0, 0.05) is 44.3 Å². The van der Waals surface area contributed by atoms with Crippen molar-refractivity contribution >= 4 is 22.8 Å². The molecule has 0 saturated carbocycles. The fourth-order valence-electron chi connectivity index (χ4n) is 3.56. The highest BCUT2D eigenvalue weighted by Crippen LogP contribution is 2.30. The molecular formula is C21H25N7O. The van der Waals surface area contributed by atoms with Crippen LogP contribution in [0.25, 0.3) is 27.6 Å². The fourth-order valence-corrected chi connectivity index (χ4v) is 3.56. The van der Waals surface area contributed by atoms with Gasteiger partial charge in [0.05, 0.1) is 37.0 Å². The number of aliphatic imine (C=N–C) groups is 1. The summed E-state index contributed by atoms with van der Waals surface area (Å²) < 4.78 is 9.11. The third-order valence-electron chi connectivity index (χ3n) is 5.04. The van der Waals surface area contributed by atoms with E-state index >= 15 is 0 Å². The quantitative estimate of drug-likeness (QED) is 0.409. The van der Waals surface area contributed by atoms with Crippen LogP contribution in [0.2, 0.25) is 0 Å². The number of aromatic nitrogens is 4. The number of morpholine rings is 1. The van der Waals surface area contributed by atoms with Crippen LogP contribution in [0.5, 0.6) is 0 Å². The van der Waals surface area contributed by atoms with Crippen LogP contribution >= 0.6 is 0 Å². The number of rotatable bonds is 5. The summed E-state index contributed by atoms with van der Waals surface area (Å²) in [4.78, 5) is 6.49. The summed E-state index contributed by atoms with van der Waals surface area (Å²) in [6, 6.07) is 6.29. The van der Waals surface area contributed by atoms with Crippen molar-refractivity contribution in [2.45, 2.75) is 0 Å². The number of hydrogen-bond donors (Lipinski definition) is 1. The smallest absolute Gasteiger partial charge is 0.131 e. The maximum Gasteiger partial charge on any atom is 0.131 e. The predicted molar refractivity (Wildman–Crippen MR) is 115 cm³/mol. The first-order valence-corrected chi connectivity index (χ1v) is 9.50. The summed E-state index contributed by atoms with van der Waals surface area (Å²) in [5.74, 6) is 0.767. The second kappa shape index (κ2) is 7.92. The molecule has 0 aliphatic carbocycles. The molecule has 1 aliphatic rings. The fraction of sp³-hybridized carbons (Fsp3) is 0.286. The van der Waals surface area contributed by atoms with E-state index < -0.39 is 0 Å². The zero-order chi connectivity index (χ0) is 20.4. The van der Waals surface area contributed by atoms with Gasteiger partial charge in [-0.15, -0.1) is 0 Å². The van der Waals surface area contributed by atoms with Crippen molar-refractivity contribution in [3.05, 3.63) is 54.8 Å². The maximum atomic E-state index is 5.58. The van der Waals surface area contributed by atoms with Crippen LogP contribution in [0.15, 0.2) is 54.1 Å². The molecule has 4 rings (SSSR count). The normalized spacial score (nSPS) is 15.5. The zero-order valence-electron chi connectivity index (χ0n) is 16.7. The summed E-state index contributed by atoms with van der Waals surface area (Å²) in [5, 5.41) is 10.0. The average molecular weight is 391 g/mol. The maximum absolute atomic E-state index is 5.58. The lowest BCUT2D eigenvalue weighted by Gasteiger charge is -2.28. The van der Waals surface area contributed by atoms with Gasteiger partial charge in [-0.05, 0) is 29.3 Å². The molecule has 150 valence electrons. The molecule has 0 radical (unpaired) electrons. The molecule has 0 atom stereocenters. The Bertz CT molecular complexity index is 1100. The van der Waals surface area contributed by atoms with Crippen molar-refractivity contribution in [2.75, 3.05) is 26.3 Å². The highest BCUT2D eigenvalue weighted by Gasteiger charge is 2.16. The molecular weight excluding hydrogens is 366 g/mol. The Labute approximate surface area is 169 Å². The van der Waals surface area contributed by atoms with Gasteiger partial charge < -0.3 is 15.4 Å². The second-order valence-corrected chi connectivity index (χ2v) is 7.01. The van der Waals surface area contributed by atoms with Gasteiger partial charge in [-0.2, -0.15) is 10.2 Å². The minimum Gasteiger partial charge on any atom is -0.390 e. The van der Waals surface area contributed by atoms with E-state index in [2.05, 4.69) is 39.8 Å². The van der Waals surface area contributed by atoms with Gasteiger partial charge in [-0.25, -0.2) is 4.99 Å². The zero-order valence-corrected chi connectivity index (χ0v) is 16.7. The van der Waals surface area contributed by atoms with Crippen LogP contribution in [0, 0.1) is 0 Å². The number of nitrogens with two attached hydrogens (primary N) is 1. The van der Waals surface area contributed by atoms with Crippen molar-refractivity contribution < 1.29 is 4.74 Å². The second-order valence-electron chi connectivity index (χ2n) is 7.01. The van der Waals surface area contributed by atoms with Gasteiger partial charge in [-0.1, -0.05) is 12.6 Å². The van der Waals surface area contributed by atoms with E-state index in [1.165, 1.54) is 6.34 Å².